The highest BCUT2D eigenvalue weighted by molar-refractivity contribution is 6.39. The highest BCUT2D eigenvalue weighted by atomic mass is 35.5. The zero-order chi connectivity index (χ0) is 11.1. The average molecular weight is 227 g/mol. The van der Waals surface area contributed by atoms with Gasteiger partial charge >= 0.3 is 0 Å². The third-order valence-corrected chi connectivity index (χ3v) is 3.13. The molecule has 0 bridgehead atoms. The van der Waals surface area contributed by atoms with Gasteiger partial charge in [0.1, 0.15) is 4.87 Å². The van der Waals surface area contributed by atoms with Gasteiger partial charge in [-0.3, -0.25) is 14.3 Å². The average Bonchev–Trinajstić information content (AvgIpc) is 2.77. The molecule has 1 aliphatic carbocycles. The number of nitrogens with zero attached hydrogens (tertiary/aromatic N) is 2. The largest absolute Gasteiger partial charge is 0.297 e. The van der Waals surface area contributed by atoms with Crippen molar-refractivity contribution in [3.63, 3.8) is 0 Å². The minimum Gasteiger partial charge on any atom is -0.297 e. The van der Waals surface area contributed by atoms with Crippen LogP contribution in [0.1, 0.15) is 29.6 Å². The van der Waals surface area contributed by atoms with Gasteiger partial charge in [0.25, 0.3) is 0 Å². The number of aromatic nitrogens is 2. The molecule has 80 valence electrons. The summed E-state index contributed by atoms with van der Waals surface area (Å²) in [6.07, 6.45) is 4.32. The Morgan fingerprint density at radius 1 is 1.60 bits per heavy atom. The van der Waals surface area contributed by atoms with Crippen LogP contribution >= 0.6 is 11.6 Å². The van der Waals surface area contributed by atoms with Crippen molar-refractivity contribution in [2.24, 2.45) is 7.05 Å². The van der Waals surface area contributed by atoms with E-state index in [1.165, 1.54) is 10.9 Å². The van der Waals surface area contributed by atoms with Crippen LogP contribution in [0.3, 0.4) is 0 Å². The highest BCUT2D eigenvalue weighted by Gasteiger charge is 2.47. The van der Waals surface area contributed by atoms with Crippen LogP contribution in [0, 0.1) is 0 Å². The Labute approximate surface area is 92.2 Å². The number of hydrogen-bond donors (Lipinski definition) is 0. The lowest BCUT2D eigenvalue weighted by molar-refractivity contribution is -0.118. The Balaban J connectivity index is 2.01. The maximum Gasteiger partial charge on any atom is 0.173 e. The van der Waals surface area contributed by atoms with E-state index in [0.29, 0.717) is 18.4 Å². The normalized spacial score (nSPS) is 17.5. The van der Waals surface area contributed by atoms with Gasteiger partial charge in [0.05, 0.1) is 18.2 Å². The molecule has 0 unspecified atom stereocenters. The van der Waals surface area contributed by atoms with E-state index < -0.39 is 4.87 Å². The van der Waals surface area contributed by atoms with Crippen LogP contribution in [0.5, 0.6) is 0 Å². The second-order valence-electron chi connectivity index (χ2n) is 3.89. The lowest BCUT2D eigenvalue weighted by Crippen LogP contribution is -2.19. The number of Topliss-reactive ketones (excluding diaryl/α,β-unsaturated/α-hetero) is 2. The Kier molecular flexibility index (Phi) is 2.38. The van der Waals surface area contributed by atoms with Crippen molar-refractivity contribution >= 4 is 23.2 Å². The highest BCUT2D eigenvalue weighted by Crippen LogP contribution is 2.44. The van der Waals surface area contributed by atoms with Crippen molar-refractivity contribution in [2.75, 3.05) is 0 Å². The lowest BCUT2D eigenvalue weighted by Gasteiger charge is -2.02. The molecule has 1 heterocycles. The molecule has 0 N–H and O–H groups in total. The van der Waals surface area contributed by atoms with Crippen molar-refractivity contribution in [2.45, 2.75) is 24.1 Å². The van der Waals surface area contributed by atoms with Crippen LogP contribution in [0.25, 0.3) is 0 Å². The molecule has 0 amide bonds. The number of carbonyl (C=O) groups is 2. The minimum absolute atomic E-state index is 0.116. The number of carbonyl (C=O) groups excluding carboxylic acids is 2. The summed E-state index contributed by atoms with van der Waals surface area (Å²) in [5.41, 5.74) is 0.465. The summed E-state index contributed by atoms with van der Waals surface area (Å²) in [6, 6.07) is 0. The van der Waals surface area contributed by atoms with Crippen LogP contribution in [-0.2, 0) is 11.8 Å². The fraction of sp³-hybridized carbons (Fsp3) is 0.500. The zero-order valence-corrected chi connectivity index (χ0v) is 9.12. The topological polar surface area (TPSA) is 52.0 Å². The van der Waals surface area contributed by atoms with Gasteiger partial charge in [-0.25, -0.2) is 0 Å². The molecule has 0 saturated heterocycles. The van der Waals surface area contributed by atoms with E-state index in [2.05, 4.69) is 5.10 Å². The molecule has 5 heteroatoms. The van der Waals surface area contributed by atoms with Crippen molar-refractivity contribution in [1.29, 1.82) is 0 Å². The first kappa shape index (κ1) is 10.4. The van der Waals surface area contributed by atoms with E-state index in [4.69, 9.17) is 11.6 Å². The fourth-order valence-corrected chi connectivity index (χ4v) is 1.52. The molecule has 0 aromatic carbocycles. The van der Waals surface area contributed by atoms with E-state index in [0.717, 1.165) is 0 Å². The van der Waals surface area contributed by atoms with E-state index in [1.807, 2.05) is 0 Å². The molecule has 0 spiro atoms. The van der Waals surface area contributed by atoms with Crippen LogP contribution in [-0.4, -0.2) is 26.2 Å². The Hall–Kier alpha value is -1.16. The molecule has 1 fully saturated rings. The molecular formula is C10H11ClN2O2. The molecule has 15 heavy (non-hydrogen) atoms. The number of alkyl halides is 1. The number of rotatable bonds is 4. The van der Waals surface area contributed by atoms with Gasteiger partial charge in [-0.2, -0.15) is 5.10 Å². The summed E-state index contributed by atoms with van der Waals surface area (Å²) < 4.78 is 1.53. The molecule has 1 aromatic heterocycles. The standard InChI is InChI=1S/C10H11ClN2O2/c1-13-6-7(5-12-13)8(14)4-9(15)10(11)2-3-10/h5-6H,2-4H2,1H3. The predicted octanol–water partition coefficient (Wildman–Crippen LogP) is 1.33. The molecule has 1 saturated carbocycles. The van der Waals surface area contributed by atoms with Crippen LogP contribution in [0.2, 0.25) is 0 Å². The third-order valence-electron chi connectivity index (χ3n) is 2.54. The first-order valence-corrected chi connectivity index (χ1v) is 5.13. The number of halogens is 1. The minimum atomic E-state index is -0.738. The predicted molar refractivity (Wildman–Crippen MR) is 55.0 cm³/mol. The molecule has 2 rings (SSSR count). The fourth-order valence-electron chi connectivity index (χ4n) is 1.36. The molecule has 0 aliphatic heterocycles. The third kappa shape index (κ3) is 2.09. The summed E-state index contributed by atoms with van der Waals surface area (Å²) >= 11 is 5.91. The summed E-state index contributed by atoms with van der Waals surface area (Å²) in [7, 11) is 1.72. The van der Waals surface area contributed by atoms with E-state index in [9.17, 15) is 9.59 Å². The first-order chi connectivity index (χ1) is 7.01. The monoisotopic (exact) mass is 226 g/mol. The second kappa shape index (κ2) is 3.45. The number of ketones is 2. The Morgan fingerprint density at radius 2 is 2.27 bits per heavy atom. The molecular weight excluding hydrogens is 216 g/mol. The molecule has 1 aromatic rings. The molecule has 0 atom stereocenters. The van der Waals surface area contributed by atoms with Gasteiger partial charge in [0, 0.05) is 13.2 Å². The van der Waals surface area contributed by atoms with Gasteiger partial charge in [-0.05, 0) is 12.8 Å². The second-order valence-corrected chi connectivity index (χ2v) is 4.61. The van der Waals surface area contributed by atoms with Gasteiger partial charge in [0.2, 0.25) is 0 Å². The quantitative estimate of drug-likeness (QED) is 0.442. The van der Waals surface area contributed by atoms with Crippen LogP contribution in [0.15, 0.2) is 12.4 Å². The number of aryl methyl sites for hydroxylation is 1. The maximum absolute atomic E-state index is 11.6. The van der Waals surface area contributed by atoms with Crippen LogP contribution < -0.4 is 0 Å². The van der Waals surface area contributed by atoms with Crippen LogP contribution in [0.4, 0.5) is 0 Å². The van der Waals surface area contributed by atoms with Crippen molar-refractivity contribution in [1.82, 2.24) is 9.78 Å². The Bertz CT molecular complexity index is 421. The van der Waals surface area contributed by atoms with Gasteiger partial charge in [0.15, 0.2) is 11.6 Å². The summed E-state index contributed by atoms with van der Waals surface area (Å²) in [4.78, 5) is 22.4. The molecule has 0 radical (unpaired) electrons. The van der Waals surface area contributed by atoms with Gasteiger partial charge in [-0.15, -0.1) is 11.6 Å². The maximum atomic E-state index is 11.6. The van der Waals surface area contributed by atoms with E-state index in [-0.39, 0.29) is 18.0 Å². The van der Waals surface area contributed by atoms with Crippen molar-refractivity contribution in [3.05, 3.63) is 18.0 Å². The van der Waals surface area contributed by atoms with Gasteiger partial charge < -0.3 is 0 Å². The first-order valence-electron chi connectivity index (χ1n) is 4.75. The summed E-state index contributed by atoms with van der Waals surface area (Å²) in [5.74, 6) is -0.377. The number of hydrogen-bond acceptors (Lipinski definition) is 3. The zero-order valence-electron chi connectivity index (χ0n) is 8.36. The van der Waals surface area contributed by atoms with Crippen molar-refractivity contribution < 1.29 is 9.59 Å². The molecule has 1 aliphatic rings. The van der Waals surface area contributed by atoms with Gasteiger partial charge in [-0.1, -0.05) is 0 Å². The van der Waals surface area contributed by atoms with Crippen molar-refractivity contribution in [3.8, 4) is 0 Å². The SMILES string of the molecule is Cn1cc(C(=O)CC(=O)C2(Cl)CC2)cn1. The van der Waals surface area contributed by atoms with E-state index in [1.54, 1.807) is 13.2 Å². The summed E-state index contributed by atoms with van der Waals surface area (Å²) in [6.45, 7) is 0. The molecule has 4 nitrogen and oxygen atoms in total. The van der Waals surface area contributed by atoms with E-state index >= 15 is 0 Å². The smallest absolute Gasteiger partial charge is 0.173 e. The Morgan fingerprint density at radius 3 is 2.73 bits per heavy atom. The summed E-state index contributed by atoms with van der Waals surface area (Å²) in [5, 5.41) is 3.87. The lowest BCUT2D eigenvalue weighted by atomic mass is 10.1.